The Morgan fingerprint density at radius 2 is 1.72 bits per heavy atom. The highest BCUT2D eigenvalue weighted by atomic mass is 16.3. The minimum absolute atomic E-state index is 0.126. The van der Waals surface area contributed by atoms with Crippen molar-refractivity contribution in [2.24, 2.45) is 0 Å². The number of fused-ring (bicyclic) bond motifs is 2. The van der Waals surface area contributed by atoms with Gasteiger partial charge in [-0.1, -0.05) is 42.5 Å². The molecule has 0 unspecified atom stereocenters. The van der Waals surface area contributed by atoms with Crippen molar-refractivity contribution in [2.75, 3.05) is 7.05 Å². The van der Waals surface area contributed by atoms with Crippen molar-refractivity contribution < 1.29 is 9.21 Å². The van der Waals surface area contributed by atoms with E-state index in [9.17, 15) is 4.79 Å². The Morgan fingerprint density at radius 1 is 1.00 bits per heavy atom. The van der Waals surface area contributed by atoms with E-state index < -0.39 is 0 Å². The topological polar surface area (TPSA) is 46.3 Å². The Hall–Kier alpha value is -3.14. The molecule has 4 nitrogen and oxygen atoms in total. The molecule has 0 N–H and O–H groups in total. The van der Waals surface area contributed by atoms with Gasteiger partial charge in [0.1, 0.15) is 17.0 Å². The van der Waals surface area contributed by atoms with Crippen molar-refractivity contribution in [3.63, 3.8) is 0 Å². The van der Waals surface area contributed by atoms with Crippen LogP contribution in [-0.2, 0) is 0 Å². The van der Waals surface area contributed by atoms with Crippen LogP contribution >= 0.6 is 0 Å². The third kappa shape index (κ3) is 2.76. The molecule has 124 valence electrons. The average molecular weight is 330 g/mol. The molecule has 4 rings (SSSR count). The van der Waals surface area contributed by atoms with E-state index in [4.69, 9.17) is 4.42 Å². The SMILES string of the molecule is C[C@@H](c1cc2ccccc2o1)N(C)C(=O)c1ccc2ccccc2n1. The maximum Gasteiger partial charge on any atom is 0.272 e. The van der Waals surface area contributed by atoms with E-state index in [0.29, 0.717) is 5.69 Å². The van der Waals surface area contributed by atoms with Gasteiger partial charge in [0.2, 0.25) is 0 Å². The van der Waals surface area contributed by atoms with Crippen LogP contribution < -0.4 is 0 Å². The minimum atomic E-state index is -0.187. The van der Waals surface area contributed by atoms with E-state index in [0.717, 1.165) is 27.6 Å². The number of carbonyl (C=O) groups is 1. The summed E-state index contributed by atoms with van der Waals surface area (Å²) in [6, 6.07) is 21.1. The molecule has 0 saturated heterocycles. The number of aromatic nitrogens is 1. The van der Waals surface area contributed by atoms with Gasteiger partial charge in [-0.25, -0.2) is 4.98 Å². The Kier molecular flexibility index (Phi) is 3.73. The molecule has 2 aromatic heterocycles. The van der Waals surface area contributed by atoms with Crippen LogP contribution in [0.1, 0.15) is 29.2 Å². The first kappa shape index (κ1) is 15.4. The quantitative estimate of drug-likeness (QED) is 0.541. The lowest BCUT2D eigenvalue weighted by Gasteiger charge is -2.23. The lowest BCUT2D eigenvalue weighted by molar-refractivity contribution is 0.0722. The van der Waals surface area contributed by atoms with Crippen molar-refractivity contribution in [1.82, 2.24) is 9.88 Å². The number of para-hydroxylation sites is 2. The molecule has 1 amide bonds. The fraction of sp³-hybridized carbons (Fsp3) is 0.143. The highest BCUT2D eigenvalue weighted by Crippen LogP contribution is 2.27. The molecule has 4 aromatic rings. The first-order valence-electron chi connectivity index (χ1n) is 8.25. The average Bonchev–Trinajstić information content (AvgIpc) is 3.10. The van der Waals surface area contributed by atoms with Crippen LogP contribution in [0.2, 0.25) is 0 Å². The van der Waals surface area contributed by atoms with Gasteiger partial charge < -0.3 is 9.32 Å². The number of furan rings is 1. The molecule has 2 heterocycles. The Labute approximate surface area is 145 Å². The van der Waals surface area contributed by atoms with E-state index >= 15 is 0 Å². The summed E-state index contributed by atoms with van der Waals surface area (Å²) in [5.74, 6) is 0.636. The maximum atomic E-state index is 12.8. The second kappa shape index (κ2) is 6.06. The summed E-state index contributed by atoms with van der Waals surface area (Å²) in [6.45, 7) is 1.96. The van der Waals surface area contributed by atoms with Crippen LogP contribution in [0.5, 0.6) is 0 Å². The smallest absolute Gasteiger partial charge is 0.272 e. The second-order valence-corrected chi connectivity index (χ2v) is 6.17. The van der Waals surface area contributed by atoms with E-state index in [1.54, 1.807) is 18.0 Å². The van der Waals surface area contributed by atoms with Crippen LogP contribution in [0.3, 0.4) is 0 Å². The van der Waals surface area contributed by atoms with Crippen molar-refractivity contribution >= 4 is 27.8 Å². The van der Waals surface area contributed by atoms with Crippen LogP contribution in [0.4, 0.5) is 0 Å². The van der Waals surface area contributed by atoms with E-state index in [1.807, 2.05) is 67.6 Å². The number of pyridine rings is 1. The fourth-order valence-electron chi connectivity index (χ4n) is 2.94. The largest absolute Gasteiger partial charge is 0.459 e. The van der Waals surface area contributed by atoms with Gasteiger partial charge in [-0.2, -0.15) is 0 Å². The summed E-state index contributed by atoms with van der Waals surface area (Å²) < 4.78 is 5.89. The molecule has 0 spiro atoms. The molecule has 0 aliphatic heterocycles. The highest BCUT2D eigenvalue weighted by Gasteiger charge is 2.22. The Balaban J connectivity index is 1.63. The molecule has 0 saturated carbocycles. The summed E-state index contributed by atoms with van der Waals surface area (Å²) in [5, 5.41) is 2.06. The predicted molar refractivity (Wildman–Crippen MR) is 98.5 cm³/mol. The molecule has 4 heteroatoms. The zero-order valence-electron chi connectivity index (χ0n) is 14.1. The van der Waals surface area contributed by atoms with Gasteiger partial charge in [-0.3, -0.25) is 4.79 Å². The normalized spacial score (nSPS) is 12.4. The van der Waals surface area contributed by atoms with Crippen LogP contribution in [0.25, 0.3) is 21.9 Å². The minimum Gasteiger partial charge on any atom is -0.459 e. The van der Waals surface area contributed by atoms with Gasteiger partial charge in [0, 0.05) is 17.8 Å². The van der Waals surface area contributed by atoms with E-state index in [2.05, 4.69) is 4.98 Å². The molecule has 0 aliphatic rings. The molecule has 1 atom stereocenters. The van der Waals surface area contributed by atoms with Crippen molar-refractivity contribution in [2.45, 2.75) is 13.0 Å². The summed E-state index contributed by atoms with van der Waals surface area (Å²) in [4.78, 5) is 19.0. The third-order valence-corrected chi connectivity index (χ3v) is 4.58. The number of nitrogens with zero attached hydrogens (tertiary/aromatic N) is 2. The number of benzene rings is 2. The Morgan fingerprint density at radius 3 is 2.52 bits per heavy atom. The fourth-order valence-corrected chi connectivity index (χ4v) is 2.94. The first-order chi connectivity index (χ1) is 12.1. The van der Waals surface area contributed by atoms with Gasteiger partial charge in [0.25, 0.3) is 5.91 Å². The predicted octanol–water partition coefficient (Wildman–Crippen LogP) is 4.81. The summed E-state index contributed by atoms with van der Waals surface area (Å²) in [5.41, 5.74) is 2.08. The zero-order chi connectivity index (χ0) is 17.4. The van der Waals surface area contributed by atoms with E-state index in [1.165, 1.54) is 0 Å². The summed E-state index contributed by atoms with van der Waals surface area (Å²) in [7, 11) is 1.77. The van der Waals surface area contributed by atoms with Crippen molar-refractivity contribution in [3.05, 3.63) is 78.2 Å². The summed E-state index contributed by atoms with van der Waals surface area (Å²) >= 11 is 0. The lowest BCUT2D eigenvalue weighted by atomic mass is 10.1. The second-order valence-electron chi connectivity index (χ2n) is 6.17. The van der Waals surface area contributed by atoms with Crippen LogP contribution in [0.15, 0.2) is 71.1 Å². The third-order valence-electron chi connectivity index (χ3n) is 4.58. The van der Waals surface area contributed by atoms with E-state index in [-0.39, 0.29) is 11.9 Å². The molecule has 2 aromatic carbocycles. The van der Waals surface area contributed by atoms with Crippen molar-refractivity contribution in [1.29, 1.82) is 0 Å². The number of hydrogen-bond acceptors (Lipinski definition) is 3. The number of carbonyl (C=O) groups excluding carboxylic acids is 1. The van der Waals surface area contributed by atoms with Gasteiger partial charge in [-0.05, 0) is 31.2 Å². The highest BCUT2D eigenvalue weighted by molar-refractivity contribution is 5.95. The Bertz CT molecular complexity index is 1030. The van der Waals surface area contributed by atoms with Gasteiger partial charge in [0.15, 0.2) is 0 Å². The van der Waals surface area contributed by atoms with Crippen LogP contribution in [-0.4, -0.2) is 22.8 Å². The summed E-state index contributed by atoms with van der Waals surface area (Å²) in [6.07, 6.45) is 0. The van der Waals surface area contributed by atoms with Gasteiger partial charge >= 0.3 is 0 Å². The molecular weight excluding hydrogens is 312 g/mol. The maximum absolute atomic E-state index is 12.8. The van der Waals surface area contributed by atoms with Crippen molar-refractivity contribution in [3.8, 4) is 0 Å². The van der Waals surface area contributed by atoms with Gasteiger partial charge in [0.05, 0.1) is 11.6 Å². The first-order valence-corrected chi connectivity index (χ1v) is 8.25. The standard InChI is InChI=1S/C21H18N2O2/c1-14(20-13-16-8-4-6-10-19(16)25-20)23(2)21(24)18-12-11-15-7-3-5-9-17(15)22-18/h3-14H,1-2H3/t14-/m0/s1. The van der Waals surface area contributed by atoms with Crippen LogP contribution in [0, 0.1) is 0 Å². The monoisotopic (exact) mass is 330 g/mol. The molecular formula is C21H18N2O2. The number of rotatable bonds is 3. The number of amides is 1. The number of hydrogen-bond donors (Lipinski definition) is 0. The lowest BCUT2D eigenvalue weighted by Crippen LogP contribution is -2.30. The zero-order valence-corrected chi connectivity index (χ0v) is 14.1. The molecule has 0 fully saturated rings. The molecule has 25 heavy (non-hydrogen) atoms. The molecule has 0 bridgehead atoms. The molecule has 0 aliphatic carbocycles. The van der Waals surface area contributed by atoms with Gasteiger partial charge in [-0.15, -0.1) is 0 Å². The molecule has 0 radical (unpaired) electrons.